The summed E-state index contributed by atoms with van der Waals surface area (Å²) in [4.78, 5) is 32.8. The predicted octanol–water partition coefficient (Wildman–Crippen LogP) is 1.54. The van der Waals surface area contributed by atoms with E-state index in [0.717, 1.165) is 4.68 Å². The first kappa shape index (κ1) is 17.5. The Labute approximate surface area is 157 Å². The van der Waals surface area contributed by atoms with Gasteiger partial charge in [-0.2, -0.15) is 9.67 Å². The molecule has 0 aliphatic rings. The van der Waals surface area contributed by atoms with Crippen LogP contribution in [0.25, 0.3) is 22.3 Å². The van der Waals surface area contributed by atoms with Gasteiger partial charge in [0.2, 0.25) is 5.82 Å². The Morgan fingerprint density at radius 1 is 1.25 bits per heavy atom. The Hall–Kier alpha value is -3.95. The van der Waals surface area contributed by atoms with Crippen LogP contribution in [0.3, 0.4) is 0 Å². The molecule has 0 aliphatic heterocycles. The maximum Gasteiger partial charge on any atom is 0.328 e. The number of carbonyl (C=O) groups is 1. The van der Waals surface area contributed by atoms with Crippen molar-refractivity contribution < 1.29 is 14.1 Å². The smallest absolute Gasteiger partial charge is 0.328 e. The second-order valence-corrected chi connectivity index (χ2v) is 5.90. The normalized spacial score (nSPS) is 12.0. The number of fused-ring (bicyclic) bond motifs is 1. The lowest BCUT2D eigenvalue weighted by Crippen LogP contribution is -2.29. The summed E-state index contributed by atoms with van der Waals surface area (Å²) in [5.74, 6) is -0.216. The summed E-state index contributed by atoms with van der Waals surface area (Å²) in [6, 6.07) is 10.3. The van der Waals surface area contributed by atoms with Crippen LogP contribution >= 0.6 is 0 Å². The molecule has 10 nitrogen and oxygen atoms in total. The molecule has 28 heavy (non-hydrogen) atoms. The summed E-state index contributed by atoms with van der Waals surface area (Å²) in [6.07, 6.45) is 2.43. The fourth-order valence-electron chi connectivity index (χ4n) is 2.55. The summed E-state index contributed by atoms with van der Waals surface area (Å²) in [5.41, 5.74) is 0.708. The highest BCUT2D eigenvalue weighted by Crippen LogP contribution is 2.19. The van der Waals surface area contributed by atoms with Crippen molar-refractivity contribution in [2.75, 3.05) is 0 Å². The number of ether oxygens (including phenoxy) is 1. The Morgan fingerprint density at radius 3 is 2.93 bits per heavy atom. The number of esters is 1. The minimum atomic E-state index is -0.797. The van der Waals surface area contributed by atoms with Gasteiger partial charge in [-0.1, -0.05) is 22.5 Å². The number of carbonyl (C=O) groups excluding carboxylic acids is 1. The van der Waals surface area contributed by atoms with E-state index in [4.69, 9.17) is 9.26 Å². The molecule has 3 heterocycles. The van der Waals surface area contributed by atoms with Crippen molar-refractivity contribution in [2.24, 2.45) is 0 Å². The monoisotopic (exact) mass is 378 g/mol. The number of nitrogens with zero attached hydrogens (tertiary/aromatic N) is 6. The minimum Gasteiger partial charge on any atom is -0.451 e. The van der Waals surface area contributed by atoms with E-state index in [1.165, 1.54) is 0 Å². The molecule has 0 bridgehead atoms. The summed E-state index contributed by atoms with van der Waals surface area (Å²) >= 11 is 0. The van der Waals surface area contributed by atoms with Crippen LogP contribution in [-0.2, 0) is 16.1 Å². The van der Waals surface area contributed by atoms with Crippen LogP contribution in [0.15, 0.2) is 58.1 Å². The summed E-state index contributed by atoms with van der Waals surface area (Å²) < 4.78 is 11.4. The Kier molecular flexibility index (Phi) is 4.58. The molecule has 0 N–H and O–H groups in total. The van der Waals surface area contributed by atoms with Gasteiger partial charge in [0.05, 0.1) is 5.39 Å². The van der Waals surface area contributed by atoms with Gasteiger partial charge in [-0.05, 0) is 31.2 Å². The third-order valence-electron chi connectivity index (χ3n) is 3.93. The number of aromatic nitrogens is 6. The van der Waals surface area contributed by atoms with Crippen LogP contribution < -0.4 is 5.56 Å². The summed E-state index contributed by atoms with van der Waals surface area (Å²) in [6.45, 7) is 1.21. The van der Waals surface area contributed by atoms with Gasteiger partial charge in [-0.15, -0.1) is 5.10 Å². The van der Waals surface area contributed by atoms with Crippen LogP contribution in [0, 0.1) is 0 Å². The lowest BCUT2D eigenvalue weighted by Gasteiger charge is -2.09. The molecule has 4 rings (SSSR count). The lowest BCUT2D eigenvalue weighted by molar-refractivity contribution is -0.150. The molecule has 3 aromatic heterocycles. The van der Waals surface area contributed by atoms with Gasteiger partial charge in [-0.3, -0.25) is 14.6 Å². The standard InChI is InChI=1S/C18H14N6O4/c1-11(17-20-16(22-28-17)12-5-4-8-19-9-12)27-15(25)10-24-18(26)13-6-2-3-7-14(13)21-23-24/h2-9,11H,10H2,1H3. The number of hydrogen-bond donors (Lipinski definition) is 0. The zero-order chi connectivity index (χ0) is 19.5. The highest BCUT2D eigenvalue weighted by molar-refractivity contribution is 5.77. The Balaban J connectivity index is 1.46. The van der Waals surface area contributed by atoms with Gasteiger partial charge >= 0.3 is 5.97 Å². The highest BCUT2D eigenvalue weighted by Gasteiger charge is 2.20. The molecule has 0 spiro atoms. The Morgan fingerprint density at radius 2 is 2.11 bits per heavy atom. The summed E-state index contributed by atoms with van der Waals surface area (Å²) in [7, 11) is 0. The fourth-order valence-corrected chi connectivity index (χ4v) is 2.55. The van der Waals surface area contributed by atoms with Crippen molar-refractivity contribution in [3.05, 3.63) is 65.0 Å². The zero-order valence-electron chi connectivity index (χ0n) is 14.7. The molecule has 1 unspecified atom stereocenters. The minimum absolute atomic E-state index is 0.129. The first-order valence-electron chi connectivity index (χ1n) is 8.38. The number of hydrogen-bond acceptors (Lipinski definition) is 9. The third kappa shape index (κ3) is 3.47. The van der Waals surface area contributed by atoms with Crippen LogP contribution in [0.5, 0.6) is 0 Å². The Bertz CT molecular complexity index is 1190. The number of benzene rings is 1. The van der Waals surface area contributed by atoms with E-state index in [1.54, 1.807) is 55.7 Å². The van der Waals surface area contributed by atoms with E-state index in [0.29, 0.717) is 22.3 Å². The number of pyridine rings is 1. The van der Waals surface area contributed by atoms with Gasteiger partial charge in [-0.25, -0.2) is 0 Å². The van der Waals surface area contributed by atoms with Crippen LogP contribution in [-0.4, -0.2) is 36.1 Å². The second kappa shape index (κ2) is 7.35. The molecule has 1 aromatic carbocycles. The van der Waals surface area contributed by atoms with Crippen LogP contribution in [0.4, 0.5) is 0 Å². The first-order valence-corrected chi connectivity index (χ1v) is 8.38. The van der Waals surface area contributed by atoms with Crippen molar-refractivity contribution in [2.45, 2.75) is 19.6 Å². The topological polar surface area (TPSA) is 126 Å². The van der Waals surface area contributed by atoms with Crippen molar-refractivity contribution in [1.82, 2.24) is 30.1 Å². The molecule has 0 amide bonds. The molecule has 1 atom stereocenters. The largest absolute Gasteiger partial charge is 0.451 e. The van der Waals surface area contributed by atoms with Crippen molar-refractivity contribution in [1.29, 1.82) is 0 Å². The molecule has 4 aromatic rings. The summed E-state index contributed by atoms with van der Waals surface area (Å²) in [5, 5.41) is 11.9. The van der Waals surface area contributed by atoms with Crippen molar-refractivity contribution >= 4 is 16.9 Å². The predicted molar refractivity (Wildman–Crippen MR) is 95.8 cm³/mol. The van der Waals surface area contributed by atoms with E-state index in [-0.39, 0.29) is 12.4 Å². The maximum absolute atomic E-state index is 12.4. The lowest BCUT2D eigenvalue weighted by atomic mass is 10.2. The maximum atomic E-state index is 12.4. The number of rotatable bonds is 5. The van der Waals surface area contributed by atoms with Crippen molar-refractivity contribution in [3.8, 4) is 11.4 Å². The first-order chi connectivity index (χ1) is 13.6. The fraction of sp³-hybridized carbons (Fsp3) is 0.167. The van der Waals surface area contributed by atoms with Crippen LogP contribution in [0.1, 0.15) is 18.9 Å². The van der Waals surface area contributed by atoms with Gasteiger partial charge in [0.15, 0.2) is 6.10 Å². The molecule has 10 heteroatoms. The highest BCUT2D eigenvalue weighted by atomic mass is 16.6. The van der Waals surface area contributed by atoms with E-state index < -0.39 is 17.6 Å². The average Bonchev–Trinajstić information content (AvgIpc) is 3.21. The average molecular weight is 378 g/mol. The van der Waals surface area contributed by atoms with Gasteiger partial charge in [0.1, 0.15) is 12.1 Å². The van der Waals surface area contributed by atoms with E-state index in [1.807, 2.05) is 0 Å². The molecule has 0 aliphatic carbocycles. The molecular formula is C18H14N6O4. The molecule has 0 radical (unpaired) electrons. The van der Waals surface area contributed by atoms with Gasteiger partial charge in [0, 0.05) is 18.0 Å². The molecule has 0 fully saturated rings. The van der Waals surface area contributed by atoms with E-state index in [2.05, 4.69) is 25.4 Å². The molecular weight excluding hydrogens is 364 g/mol. The zero-order valence-corrected chi connectivity index (χ0v) is 14.7. The molecule has 0 saturated carbocycles. The third-order valence-corrected chi connectivity index (χ3v) is 3.93. The van der Waals surface area contributed by atoms with E-state index in [9.17, 15) is 9.59 Å². The van der Waals surface area contributed by atoms with Crippen LogP contribution in [0.2, 0.25) is 0 Å². The second-order valence-electron chi connectivity index (χ2n) is 5.90. The SMILES string of the molecule is CC(OC(=O)Cn1nnc2ccccc2c1=O)c1nc(-c2cccnc2)no1. The van der Waals surface area contributed by atoms with Crippen molar-refractivity contribution in [3.63, 3.8) is 0 Å². The van der Waals surface area contributed by atoms with E-state index >= 15 is 0 Å². The quantitative estimate of drug-likeness (QED) is 0.475. The van der Waals surface area contributed by atoms with Gasteiger partial charge < -0.3 is 9.26 Å². The molecule has 140 valence electrons. The van der Waals surface area contributed by atoms with Gasteiger partial charge in [0.25, 0.3) is 11.4 Å². The molecule has 0 saturated heterocycles.